The lowest BCUT2D eigenvalue weighted by Gasteiger charge is -2.33. The second-order valence-corrected chi connectivity index (χ2v) is 5.40. The topological polar surface area (TPSA) is 90.2 Å². The van der Waals surface area contributed by atoms with Crippen molar-refractivity contribution in [3.8, 4) is 0 Å². The van der Waals surface area contributed by atoms with E-state index in [1.54, 1.807) is 4.68 Å². The molecule has 1 aromatic heterocycles. The smallest absolute Gasteiger partial charge is 0.222 e. The molecule has 0 bridgehead atoms. The number of hydrogen-bond acceptors (Lipinski definition) is 4. The van der Waals surface area contributed by atoms with Crippen molar-refractivity contribution in [2.75, 3.05) is 18.0 Å². The summed E-state index contributed by atoms with van der Waals surface area (Å²) < 4.78 is 1.77. The molecule has 0 aromatic carbocycles. The van der Waals surface area contributed by atoms with E-state index in [1.807, 2.05) is 14.0 Å². The molecule has 0 radical (unpaired) electrons. The number of carbonyl (C=O) groups excluding carboxylic acids is 1. The maximum atomic E-state index is 11.4. The van der Waals surface area contributed by atoms with Crippen molar-refractivity contribution in [3.63, 3.8) is 0 Å². The fourth-order valence-electron chi connectivity index (χ4n) is 2.70. The predicted octanol–water partition coefficient (Wildman–Crippen LogP) is 0.0644. The number of piperidine rings is 1. The summed E-state index contributed by atoms with van der Waals surface area (Å²) >= 11 is 5.11. The zero-order chi connectivity index (χ0) is 14.2. The molecule has 1 aromatic rings. The summed E-state index contributed by atoms with van der Waals surface area (Å²) in [7, 11) is 1.86. The molecule has 2 rings (SSSR count). The molecule has 0 saturated carbocycles. The lowest BCUT2D eigenvalue weighted by atomic mass is 9.97. The standard InChI is InChI=1S/C12H19N5OS/c1-7-9(11(14)19)12(16(2)15-7)17-5-3-4-8(6-17)10(13)18/h8H,3-6H2,1-2H3,(H2,13,18)(H2,14,19). The summed E-state index contributed by atoms with van der Waals surface area (Å²) in [4.78, 5) is 13.8. The predicted molar refractivity (Wildman–Crippen MR) is 78.0 cm³/mol. The van der Waals surface area contributed by atoms with Crippen molar-refractivity contribution in [1.82, 2.24) is 9.78 Å². The number of hydrogen-bond donors (Lipinski definition) is 2. The van der Waals surface area contributed by atoms with Crippen LogP contribution in [0.3, 0.4) is 0 Å². The Hall–Kier alpha value is -1.63. The van der Waals surface area contributed by atoms with Gasteiger partial charge in [-0.05, 0) is 19.8 Å². The van der Waals surface area contributed by atoms with Gasteiger partial charge in [0.1, 0.15) is 10.8 Å². The highest BCUT2D eigenvalue weighted by molar-refractivity contribution is 7.80. The molecule has 19 heavy (non-hydrogen) atoms. The quantitative estimate of drug-likeness (QED) is 0.765. The van der Waals surface area contributed by atoms with E-state index in [-0.39, 0.29) is 11.8 Å². The molecule has 1 unspecified atom stereocenters. The van der Waals surface area contributed by atoms with Gasteiger partial charge in [0.25, 0.3) is 0 Å². The molecule has 6 nitrogen and oxygen atoms in total. The number of amides is 1. The van der Waals surface area contributed by atoms with Crippen LogP contribution >= 0.6 is 12.2 Å². The van der Waals surface area contributed by atoms with Gasteiger partial charge >= 0.3 is 0 Å². The average molecular weight is 281 g/mol. The third-order valence-corrected chi connectivity index (χ3v) is 3.77. The van der Waals surface area contributed by atoms with Crippen molar-refractivity contribution < 1.29 is 4.79 Å². The van der Waals surface area contributed by atoms with E-state index in [1.165, 1.54) is 0 Å². The number of nitrogens with zero attached hydrogens (tertiary/aromatic N) is 3. The monoisotopic (exact) mass is 281 g/mol. The van der Waals surface area contributed by atoms with Crippen LogP contribution in [0.15, 0.2) is 0 Å². The Morgan fingerprint density at radius 2 is 2.16 bits per heavy atom. The first-order valence-corrected chi connectivity index (χ1v) is 6.70. The lowest BCUT2D eigenvalue weighted by molar-refractivity contribution is -0.122. The first-order chi connectivity index (χ1) is 8.91. The Kier molecular flexibility index (Phi) is 3.75. The van der Waals surface area contributed by atoms with E-state index < -0.39 is 0 Å². The van der Waals surface area contributed by atoms with Gasteiger partial charge in [-0.2, -0.15) is 5.10 Å². The van der Waals surface area contributed by atoms with E-state index in [9.17, 15) is 4.79 Å². The fraction of sp³-hybridized carbons (Fsp3) is 0.583. The molecule has 0 aliphatic carbocycles. The molecule has 4 N–H and O–H groups in total. The molecular weight excluding hydrogens is 262 g/mol. The molecular formula is C12H19N5OS. The molecule has 2 heterocycles. The van der Waals surface area contributed by atoms with Crippen molar-refractivity contribution in [3.05, 3.63) is 11.3 Å². The van der Waals surface area contributed by atoms with Gasteiger partial charge in [-0.15, -0.1) is 0 Å². The summed E-state index contributed by atoms with van der Waals surface area (Å²) in [5.74, 6) is 0.513. The van der Waals surface area contributed by atoms with Gasteiger partial charge in [-0.25, -0.2) is 0 Å². The minimum Gasteiger partial charge on any atom is -0.389 e. The zero-order valence-corrected chi connectivity index (χ0v) is 12.0. The van der Waals surface area contributed by atoms with Gasteiger partial charge in [-0.1, -0.05) is 12.2 Å². The van der Waals surface area contributed by atoms with Gasteiger partial charge in [0.15, 0.2) is 0 Å². The van der Waals surface area contributed by atoms with Gasteiger partial charge in [0.2, 0.25) is 5.91 Å². The third-order valence-electron chi connectivity index (χ3n) is 3.56. The molecule has 1 saturated heterocycles. The molecule has 0 spiro atoms. The van der Waals surface area contributed by atoms with Crippen LogP contribution < -0.4 is 16.4 Å². The Labute approximate surface area is 117 Å². The fourth-order valence-corrected chi connectivity index (χ4v) is 2.94. The van der Waals surface area contributed by atoms with Crippen LogP contribution in [-0.2, 0) is 11.8 Å². The number of aromatic nitrogens is 2. The first-order valence-electron chi connectivity index (χ1n) is 6.29. The minimum absolute atomic E-state index is 0.122. The van der Waals surface area contributed by atoms with Crippen molar-refractivity contribution in [2.24, 2.45) is 24.4 Å². The highest BCUT2D eigenvalue weighted by Crippen LogP contribution is 2.27. The van der Waals surface area contributed by atoms with Gasteiger partial charge in [-0.3, -0.25) is 9.48 Å². The van der Waals surface area contributed by atoms with Crippen molar-refractivity contribution in [2.45, 2.75) is 19.8 Å². The number of anilines is 1. The number of aryl methyl sites for hydroxylation is 2. The minimum atomic E-state index is -0.250. The molecule has 1 aliphatic rings. The Balaban J connectivity index is 2.36. The molecule has 104 valence electrons. The van der Waals surface area contributed by atoms with Crippen LogP contribution in [0.25, 0.3) is 0 Å². The highest BCUT2D eigenvalue weighted by Gasteiger charge is 2.28. The van der Waals surface area contributed by atoms with E-state index in [2.05, 4.69) is 10.00 Å². The number of primary amides is 1. The maximum Gasteiger partial charge on any atom is 0.222 e. The molecule has 1 atom stereocenters. The number of carbonyl (C=O) groups is 1. The van der Waals surface area contributed by atoms with E-state index in [0.29, 0.717) is 11.5 Å². The van der Waals surface area contributed by atoms with E-state index in [4.69, 9.17) is 23.7 Å². The highest BCUT2D eigenvalue weighted by atomic mass is 32.1. The van der Waals surface area contributed by atoms with Gasteiger partial charge < -0.3 is 16.4 Å². The second-order valence-electron chi connectivity index (χ2n) is 4.96. The Morgan fingerprint density at radius 3 is 2.74 bits per heavy atom. The summed E-state index contributed by atoms with van der Waals surface area (Å²) in [5.41, 5.74) is 12.8. The third kappa shape index (κ3) is 2.56. The van der Waals surface area contributed by atoms with E-state index >= 15 is 0 Å². The molecule has 1 amide bonds. The second kappa shape index (κ2) is 5.16. The Bertz CT molecular complexity index is 524. The van der Waals surface area contributed by atoms with Crippen LogP contribution in [0.1, 0.15) is 24.1 Å². The van der Waals surface area contributed by atoms with Gasteiger partial charge in [0.05, 0.1) is 17.2 Å². The first kappa shape index (κ1) is 13.8. The Morgan fingerprint density at radius 1 is 1.47 bits per heavy atom. The van der Waals surface area contributed by atoms with Crippen LogP contribution in [0, 0.1) is 12.8 Å². The number of rotatable bonds is 3. The zero-order valence-electron chi connectivity index (χ0n) is 11.2. The molecule has 7 heteroatoms. The van der Waals surface area contributed by atoms with Crippen molar-refractivity contribution >= 4 is 28.9 Å². The van der Waals surface area contributed by atoms with Crippen LogP contribution in [0.5, 0.6) is 0 Å². The summed E-state index contributed by atoms with van der Waals surface area (Å²) in [6.45, 7) is 3.34. The molecule has 1 aliphatic heterocycles. The molecule has 1 fully saturated rings. The summed E-state index contributed by atoms with van der Waals surface area (Å²) in [5, 5.41) is 4.37. The maximum absolute atomic E-state index is 11.4. The normalized spacial score (nSPS) is 19.5. The number of thiocarbonyl (C=S) groups is 1. The SMILES string of the molecule is Cc1nn(C)c(N2CCCC(C(N)=O)C2)c1C(N)=S. The van der Waals surface area contributed by atoms with Crippen LogP contribution in [0.4, 0.5) is 5.82 Å². The number of nitrogens with two attached hydrogens (primary N) is 2. The van der Waals surface area contributed by atoms with Gasteiger partial charge in [0, 0.05) is 20.1 Å². The van der Waals surface area contributed by atoms with Crippen LogP contribution in [-0.4, -0.2) is 33.8 Å². The lowest BCUT2D eigenvalue weighted by Crippen LogP contribution is -2.42. The van der Waals surface area contributed by atoms with Crippen LogP contribution in [0.2, 0.25) is 0 Å². The average Bonchev–Trinajstić information content (AvgIpc) is 2.64. The van der Waals surface area contributed by atoms with Crippen molar-refractivity contribution in [1.29, 1.82) is 0 Å². The van der Waals surface area contributed by atoms with E-state index in [0.717, 1.165) is 36.5 Å². The largest absolute Gasteiger partial charge is 0.389 e. The summed E-state index contributed by atoms with van der Waals surface area (Å²) in [6, 6.07) is 0. The summed E-state index contributed by atoms with van der Waals surface area (Å²) in [6.07, 6.45) is 1.76.